The number of carbonyl (C=O) groups excluding carboxylic acids is 1. The first kappa shape index (κ1) is 13.2. The van der Waals surface area contributed by atoms with Crippen molar-refractivity contribution in [2.45, 2.75) is 20.3 Å². The van der Waals surface area contributed by atoms with Crippen LogP contribution in [-0.4, -0.2) is 23.9 Å². The summed E-state index contributed by atoms with van der Waals surface area (Å²) in [6, 6.07) is 6.62. The molecule has 0 spiro atoms. The first-order chi connectivity index (χ1) is 8.11. The lowest BCUT2D eigenvalue weighted by Gasteiger charge is -2.19. The van der Waals surface area contributed by atoms with E-state index in [9.17, 15) is 9.18 Å². The zero-order valence-corrected chi connectivity index (χ0v) is 10.0. The number of amides is 1. The molecular formula is C13H15FN2O. The van der Waals surface area contributed by atoms with Gasteiger partial charge in [-0.2, -0.15) is 5.26 Å². The van der Waals surface area contributed by atoms with Gasteiger partial charge in [-0.05, 0) is 25.0 Å². The molecule has 0 atom stereocenters. The van der Waals surface area contributed by atoms with Crippen LogP contribution < -0.4 is 0 Å². The standard InChI is InChI=1S/C13H15FN2O/c1-3-8-16(9-7-15)13(17)11-6-4-5-10(2)12(11)14/h4-6H,3,8-9H2,1-2H3. The minimum absolute atomic E-state index is 0.0138. The molecule has 4 heteroatoms. The Morgan fingerprint density at radius 2 is 2.24 bits per heavy atom. The summed E-state index contributed by atoms with van der Waals surface area (Å²) < 4.78 is 13.8. The number of aryl methyl sites for hydroxylation is 1. The van der Waals surface area contributed by atoms with Crippen LogP contribution in [0.1, 0.15) is 29.3 Å². The summed E-state index contributed by atoms with van der Waals surface area (Å²) in [5.41, 5.74) is 0.470. The lowest BCUT2D eigenvalue weighted by atomic mass is 10.1. The van der Waals surface area contributed by atoms with Gasteiger partial charge in [0.25, 0.3) is 5.91 Å². The third kappa shape index (κ3) is 3.04. The lowest BCUT2D eigenvalue weighted by molar-refractivity contribution is 0.0771. The van der Waals surface area contributed by atoms with Gasteiger partial charge in [-0.25, -0.2) is 4.39 Å². The number of hydrogen-bond donors (Lipinski definition) is 0. The Morgan fingerprint density at radius 3 is 2.82 bits per heavy atom. The van der Waals surface area contributed by atoms with Crippen molar-refractivity contribution < 1.29 is 9.18 Å². The third-order valence-electron chi connectivity index (χ3n) is 2.46. The lowest BCUT2D eigenvalue weighted by Crippen LogP contribution is -2.32. The van der Waals surface area contributed by atoms with Gasteiger partial charge >= 0.3 is 0 Å². The number of rotatable bonds is 4. The minimum atomic E-state index is -0.503. The fourth-order valence-corrected chi connectivity index (χ4v) is 1.59. The summed E-state index contributed by atoms with van der Waals surface area (Å²) >= 11 is 0. The van der Waals surface area contributed by atoms with Crippen LogP contribution in [0.25, 0.3) is 0 Å². The van der Waals surface area contributed by atoms with Gasteiger partial charge in [-0.15, -0.1) is 0 Å². The maximum atomic E-state index is 13.8. The molecule has 0 aliphatic rings. The molecule has 0 aliphatic heterocycles. The molecule has 0 aromatic heterocycles. The second kappa shape index (κ2) is 6.00. The van der Waals surface area contributed by atoms with Crippen LogP contribution in [0, 0.1) is 24.1 Å². The largest absolute Gasteiger partial charge is 0.325 e. The molecule has 0 radical (unpaired) electrons. The average molecular weight is 234 g/mol. The molecular weight excluding hydrogens is 219 g/mol. The average Bonchev–Trinajstić information content (AvgIpc) is 2.31. The van der Waals surface area contributed by atoms with Crippen molar-refractivity contribution in [3.8, 4) is 6.07 Å². The second-order valence-electron chi connectivity index (χ2n) is 3.82. The van der Waals surface area contributed by atoms with E-state index >= 15 is 0 Å². The molecule has 0 unspecified atom stereocenters. The molecule has 0 heterocycles. The zero-order chi connectivity index (χ0) is 12.8. The first-order valence-corrected chi connectivity index (χ1v) is 5.53. The third-order valence-corrected chi connectivity index (χ3v) is 2.46. The number of benzene rings is 1. The van der Waals surface area contributed by atoms with Gasteiger partial charge in [0.05, 0.1) is 11.6 Å². The molecule has 1 rings (SSSR count). The van der Waals surface area contributed by atoms with E-state index in [1.54, 1.807) is 19.1 Å². The zero-order valence-electron chi connectivity index (χ0n) is 10.0. The molecule has 0 fully saturated rings. The highest BCUT2D eigenvalue weighted by Crippen LogP contribution is 2.14. The van der Waals surface area contributed by atoms with Crippen LogP contribution in [-0.2, 0) is 0 Å². The Morgan fingerprint density at radius 1 is 1.53 bits per heavy atom. The summed E-state index contributed by atoms with van der Waals surface area (Å²) in [6.45, 7) is 3.96. The number of nitrogens with zero attached hydrogens (tertiary/aromatic N) is 2. The fraction of sp³-hybridized carbons (Fsp3) is 0.385. The minimum Gasteiger partial charge on any atom is -0.325 e. The molecule has 1 aromatic rings. The molecule has 3 nitrogen and oxygen atoms in total. The van der Waals surface area contributed by atoms with Gasteiger partial charge in [0.1, 0.15) is 12.4 Å². The molecule has 0 N–H and O–H groups in total. The summed E-state index contributed by atoms with van der Waals surface area (Å²) in [5.74, 6) is -0.925. The van der Waals surface area contributed by atoms with Gasteiger partial charge < -0.3 is 4.90 Å². The van der Waals surface area contributed by atoms with Gasteiger partial charge in [-0.3, -0.25) is 4.79 Å². The quantitative estimate of drug-likeness (QED) is 0.751. The molecule has 1 aromatic carbocycles. The highest BCUT2D eigenvalue weighted by atomic mass is 19.1. The van der Waals surface area contributed by atoms with Crippen molar-refractivity contribution in [1.29, 1.82) is 5.26 Å². The van der Waals surface area contributed by atoms with E-state index in [1.165, 1.54) is 11.0 Å². The Hall–Kier alpha value is -1.89. The van der Waals surface area contributed by atoms with Crippen molar-refractivity contribution in [3.05, 3.63) is 35.1 Å². The van der Waals surface area contributed by atoms with Crippen molar-refractivity contribution in [1.82, 2.24) is 4.90 Å². The fourth-order valence-electron chi connectivity index (χ4n) is 1.59. The van der Waals surface area contributed by atoms with Crippen LogP contribution in [0.4, 0.5) is 4.39 Å². The highest BCUT2D eigenvalue weighted by molar-refractivity contribution is 5.94. The second-order valence-corrected chi connectivity index (χ2v) is 3.82. The van der Waals surface area contributed by atoms with E-state index in [0.717, 1.165) is 6.42 Å². The van der Waals surface area contributed by atoms with E-state index in [4.69, 9.17) is 5.26 Å². The predicted octanol–water partition coefficient (Wildman–Crippen LogP) is 2.51. The van der Waals surface area contributed by atoms with E-state index < -0.39 is 11.7 Å². The van der Waals surface area contributed by atoms with Gasteiger partial charge in [0, 0.05) is 6.54 Å². The monoisotopic (exact) mass is 234 g/mol. The number of halogens is 1. The predicted molar refractivity (Wildman–Crippen MR) is 62.9 cm³/mol. The van der Waals surface area contributed by atoms with Gasteiger partial charge in [0.2, 0.25) is 0 Å². The van der Waals surface area contributed by atoms with E-state index in [-0.39, 0.29) is 12.1 Å². The number of carbonyl (C=O) groups is 1. The van der Waals surface area contributed by atoms with Crippen LogP contribution in [0.15, 0.2) is 18.2 Å². The molecule has 0 bridgehead atoms. The van der Waals surface area contributed by atoms with Crippen molar-refractivity contribution in [2.24, 2.45) is 0 Å². The molecule has 0 saturated heterocycles. The van der Waals surface area contributed by atoms with E-state index in [2.05, 4.69) is 0 Å². The number of hydrogen-bond acceptors (Lipinski definition) is 2. The Kier molecular flexibility index (Phi) is 4.65. The SMILES string of the molecule is CCCN(CC#N)C(=O)c1cccc(C)c1F. The van der Waals surface area contributed by atoms with Crippen molar-refractivity contribution in [2.75, 3.05) is 13.1 Å². The summed E-state index contributed by atoms with van der Waals surface area (Å²) in [7, 11) is 0. The number of nitriles is 1. The summed E-state index contributed by atoms with van der Waals surface area (Å²) in [4.78, 5) is 13.4. The van der Waals surface area contributed by atoms with Crippen LogP contribution in [0.3, 0.4) is 0 Å². The molecule has 17 heavy (non-hydrogen) atoms. The van der Waals surface area contributed by atoms with E-state index in [0.29, 0.717) is 12.1 Å². The first-order valence-electron chi connectivity index (χ1n) is 5.53. The maximum absolute atomic E-state index is 13.8. The Bertz CT molecular complexity index is 451. The normalized spacial score (nSPS) is 9.76. The molecule has 1 amide bonds. The van der Waals surface area contributed by atoms with Crippen LogP contribution in [0.5, 0.6) is 0 Å². The highest BCUT2D eigenvalue weighted by Gasteiger charge is 2.19. The topological polar surface area (TPSA) is 44.1 Å². The van der Waals surface area contributed by atoms with Gasteiger partial charge in [-0.1, -0.05) is 19.1 Å². The van der Waals surface area contributed by atoms with E-state index in [1.807, 2.05) is 13.0 Å². The van der Waals surface area contributed by atoms with Crippen molar-refractivity contribution >= 4 is 5.91 Å². The van der Waals surface area contributed by atoms with Crippen LogP contribution >= 0.6 is 0 Å². The Labute approximate surface area is 100 Å². The smallest absolute Gasteiger partial charge is 0.257 e. The van der Waals surface area contributed by atoms with Crippen LogP contribution in [0.2, 0.25) is 0 Å². The maximum Gasteiger partial charge on any atom is 0.257 e. The summed E-state index contributed by atoms with van der Waals surface area (Å²) in [5, 5.41) is 8.65. The van der Waals surface area contributed by atoms with Gasteiger partial charge in [0.15, 0.2) is 0 Å². The summed E-state index contributed by atoms with van der Waals surface area (Å²) in [6.07, 6.45) is 0.737. The molecule has 0 aliphatic carbocycles. The Balaban J connectivity index is 3.01. The molecule has 0 saturated carbocycles. The molecule has 90 valence electrons. The van der Waals surface area contributed by atoms with Crippen molar-refractivity contribution in [3.63, 3.8) is 0 Å².